The van der Waals surface area contributed by atoms with Crippen molar-refractivity contribution < 1.29 is 13.2 Å². The molecule has 0 amide bonds. The van der Waals surface area contributed by atoms with Crippen LogP contribution in [0.5, 0.6) is 0 Å². The van der Waals surface area contributed by atoms with Gasteiger partial charge in [-0.1, -0.05) is 12.1 Å². The first-order valence-electron chi connectivity index (χ1n) is 5.57. The molecular formula is C12H13N3O3S. The maximum atomic E-state index is 12.0. The van der Waals surface area contributed by atoms with E-state index in [9.17, 15) is 13.2 Å². The van der Waals surface area contributed by atoms with Crippen molar-refractivity contribution in [2.24, 2.45) is 0 Å². The monoisotopic (exact) mass is 279 g/mol. The minimum absolute atomic E-state index is 0.0692. The van der Waals surface area contributed by atoms with Gasteiger partial charge in [-0.05, 0) is 19.1 Å². The number of aromatic nitrogens is 2. The van der Waals surface area contributed by atoms with Crippen LogP contribution in [0, 0.1) is 0 Å². The van der Waals surface area contributed by atoms with E-state index in [0.29, 0.717) is 11.3 Å². The molecule has 2 rings (SSSR count). The lowest BCUT2D eigenvalue weighted by molar-refractivity contribution is 0.101. The van der Waals surface area contributed by atoms with Crippen LogP contribution in [0.4, 0.5) is 0 Å². The van der Waals surface area contributed by atoms with Gasteiger partial charge < -0.3 is 4.98 Å². The Morgan fingerprint density at radius 3 is 2.84 bits per heavy atom. The smallest absolute Gasteiger partial charge is 0.240 e. The number of benzene rings is 1. The predicted octanol–water partition coefficient (Wildman–Crippen LogP) is 1.09. The highest BCUT2D eigenvalue weighted by atomic mass is 32.2. The number of H-pyrrole nitrogens is 1. The molecule has 0 aliphatic rings. The Labute approximate surface area is 110 Å². The summed E-state index contributed by atoms with van der Waals surface area (Å²) in [5, 5.41) is 0. The molecule has 0 bridgehead atoms. The normalized spacial score (nSPS) is 11.4. The standard InChI is InChI=1S/C12H13N3O3S/c1-9(16)10-3-2-4-12(5-10)19(17,18)15-7-11-6-13-8-14-11/h2-6,8,15H,7H2,1H3,(H,13,14). The summed E-state index contributed by atoms with van der Waals surface area (Å²) < 4.78 is 26.5. The molecule has 0 aliphatic heterocycles. The van der Waals surface area contributed by atoms with Crippen molar-refractivity contribution in [1.29, 1.82) is 0 Å². The zero-order valence-corrected chi connectivity index (χ0v) is 11.1. The number of carbonyl (C=O) groups is 1. The lowest BCUT2D eigenvalue weighted by Gasteiger charge is -2.06. The van der Waals surface area contributed by atoms with Gasteiger partial charge in [0, 0.05) is 17.5 Å². The first-order chi connectivity index (χ1) is 8.99. The van der Waals surface area contributed by atoms with Crippen LogP contribution in [-0.2, 0) is 16.6 Å². The third-order valence-corrected chi connectivity index (χ3v) is 3.96. The summed E-state index contributed by atoms with van der Waals surface area (Å²) in [4.78, 5) is 17.9. The van der Waals surface area contributed by atoms with Gasteiger partial charge in [0.1, 0.15) is 0 Å². The van der Waals surface area contributed by atoms with Crippen molar-refractivity contribution in [3.8, 4) is 0 Å². The van der Waals surface area contributed by atoms with Crippen LogP contribution in [0.2, 0.25) is 0 Å². The highest BCUT2D eigenvalue weighted by Crippen LogP contribution is 2.12. The molecule has 0 radical (unpaired) electrons. The maximum absolute atomic E-state index is 12.0. The summed E-state index contributed by atoms with van der Waals surface area (Å²) in [5.41, 5.74) is 1.02. The van der Waals surface area contributed by atoms with Crippen LogP contribution in [0.15, 0.2) is 41.7 Å². The molecule has 1 heterocycles. The summed E-state index contributed by atoms with van der Waals surface area (Å²) in [6, 6.07) is 5.93. The van der Waals surface area contributed by atoms with Crippen molar-refractivity contribution in [1.82, 2.24) is 14.7 Å². The molecule has 2 aromatic rings. The Kier molecular flexibility index (Phi) is 3.77. The Hall–Kier alpha value is -1.99. The third kappa shape index (κ3) is 3.27. The number of nitrogens with zero attached hydrogens (tertiary/aromatic N) is 1. The number of hydrogen-bond donors (Lipinski definition) is 2. The Bertz CT molecular complexity index is 678. The number of Topliss-reactive ketones (excluding diaryl/α,β-unsaturated/α-hetero) is 1. The molecule has 1 aromatic heterocycles. The second-order valence-corrected chi connectivity index (χ2v) is 5.75. The topological polar surface area (TPSA) is 91.9 Å². The number of rotatable bonds is 5. The van der Waals surface area contributed by atoms with E-state index in [1.165, 1.54) is 31.6 Å². The molecule has 2 N–H and O–H groups in total. The van der Waals surface area contributed by atoms with Crippen LogP contribution in [0.1, 0.15) is 23.0 Å². The largest absolute Gasteiger partial charge is 0.347 e. The number of nitrogens with one attached hydrogen (secondary N) is 2. The summed E-state index contributed by atoms with van der Waals surface area (Å²) >= 11 is 0. The summed E-state index contributed by atoms with van der Waals surface area (Å²) in [7, 11) is -3.64. The highest BCUT2D eigenvalue weighted by molar-refractivity contribution is 7.89. The molecule has 0 saturated heterocycles. The van der Waals surface area contributed by atoms with Crippen molar-refractivity contribution >= 4 is 15.8 Å². The van der Waals surface area contributed by atoms with Crippen molar-refractivity contribution in [2.75, 3.05) is 0 Å². The molecule has 0 fully saturated rings. The zero-order valence-electron chi connectivity index (χ0n) is 10.3. The number of aromatic amines is 1. The fourth-order valence-corrected chi connectivity index (χ4v) is 2.57. The Morgan fingerprint density at radius 2 is 2.21 bits per heavy atom. The first kappa shape index (κ1) is 13.4. The fourth-order valence-electron chi connectivity index (χ4n) is 1.52. The van der Waals surface area contributed by atoms with Gasteiger partial charge >= 0.3 is 0 Å². The molecule has 6 nitrogen and oxygen atoms in total. The zero-order chi connectivity index (χ0) is 13.9. The van der Waals surface area contributed by atoms with Crippen LogP contribution in [0.3, 0.4) is 0 Å². The lowest BCUT2D eigenvalue weighted by Crippen LogP contribution is -2.23. The van der Waals surface area contributed by atoms with E-state index in [-0.39, 0.29) is 17.2 Å². The molecule has 100 valence electrons. The third-order valence-electron chi connectivity index (χ3n) is 2.56. The van der Waals surface area contributed by atoms with E-state index in [1.54, 1.807) is 12.1 Å². The van der Waals surface area contributed by atoms with Gasteiger partial charge in [-0.2, -0.15) is 0 Å². The molecule has 1 aromatic carbocycles. The molecule has 19 heavy (non-hydrogen) atoms. The van der Waals surface area contributed by atoms with E-state index in [0.717, 1.165) is 0 Å². The van der Waals surface area contributed by atoms with Gasteiger partial charge in [-0.3, -0.25) is 4.79 Å². The second kappa shape index (κ2) is 5.33. The van der Waals surface area contributed by atoms with E-state index < -0.39 is 10.0 Å². The van der Waals surface area contributed by atoms with Crippen LogP contribution in [0.25, 0.3) is 0 Å². The quantitative estimate of drug-likeness (QED) is 0.801. The van der Waals surface area contributed by atoms with E-state index in [2.05, 4.69) is 14.7 Å². The number of hydrogen-bond acceptors (Lipinski definition) is 4. The van der Waals surface area contributed by atoms with E-state index in [4.69, 9.17) is 0 Å². The number of carbonyl (C=O) groups excluding carboxylic acids is 1. The molecule has 0 spiro atoms. The van der Waals surface area contributed by atoms with Crippen molar-refractivity contribution in [2.45, 2.75) is 18.4 Å². The van der Waals surface area contributed by atoms with Crippen molar-refractivity contribution in [3.63, 3.8) is 0 Å². The molecule has 7 heteroatoms. The number of ketones is 1. The summed E-state index contributed by atoms with van der Waals surface area (Å²) in [6.45, 7) is 1.51. The van der Waals surface area contributed by atoms with Crippen LogP contribution in [-0.4, -0.2) is 24.2 Å². The van der Waals surface area contributed by atoms with Crippen LogP contribution >= 0.6 is 0 Å². The van der Waals surface area contributed by atoms with E-state index in [1.807, 2.05) is 0 Å². The van der Waals surface area contributed by atoms with Gasteiger partial charge in [0.15, 0.2) is 5.78 Å². The Balaban J connectivity index is 2.19. The van der Waals surface area contributed by atoms with Crippen molar-refractivity contribution in [3.05, 3.63) is 48.0 Å². The van der Waals surface area contributed by atoms with Gasteiger partial charge in [0.25, 0.3) is 0 Å². The van der Waals surface area contributed by atoms with Gasteiger partial charge in [-0.15, -0.1) is 0 Å². The molecule has 0 saturated carbocycles. The van der Waals surface area contributed by atoms with Gasteiger partial charge in [0.2, 0.25) is 10.0 Å². The maximum Gasteiger partial charge on any atom is 0.240 e. The number of imidazole rings is 1. The summed E-state index contributed by atoms with van der Waals surface area (Å²) in [5.74, 6) is -0.175. The summed E-state index contributed by atoms with van der Waals surface area (Å²) in [6.07, 6.45) is 3.01. The highest BCUT2D eigenvalue weighted by Gasteiger charge is 2.15. The Morgan fingerprint density at radius 1 is 1.42 bits per heavy atom. The molecule has 0 aliphatic carbocycles. The van der Waals surface area contributed by atoms with E-state index >= 15 is 0 Å². The first-order valence-corrected chi connectivity index (χ1v) is 7.05. The number of sulfonamides is 1. The molecule has 0 atom stereocenters. The second-order valence-electron chi connectivity index (χ2n) is 3.99. The van der Waals surface area contributed by atoms with Crippen LogP contribution < -0.4 is 4.72 Å². The van der Waals surface area contributed by atoms with Gasteiger partial charge in [-0.25, -0.2) is 18.1 Å². The SMILES string of the molecule is CC(=O)c1cccc(S(=O)(=O)NCc2cnc[nH]2)c1. The van der Waals surface area contributed by atoms with Gasteiger partial charge in [0.05, 0.1) is 17.8 Å². The average molecular weight is 279 g/mol. The minimum atomic E-state index is -3.64. The lowest BCUT2D eigenvalue weighted by atomic mass is 10.2. The molecular weight excluding hydrogens is 266 g/mol. The fraction of sp³-hybridized carbons (Fsp3) is 0.167. The minimum Gasteiger partial charge on any atom is -0.347 e. The molecule has 0 unspecified atom stereocenters. The predicted molar refractivity (Wildman–Crippen MR) is 69.1 cm³/mol. The average Bonchev–Trinajstić information content (AvgIpc) is 2.90.